The van der Waals surface area contributed by atoms with E-state index in [9.17, 15) is 9.59 Å². The minimum absolute atomic E-state index is 0.136. The number of ether oxygens (including phenoxy) is 1. The van der Waals surface area contributed by atoms with Crippen LogP contribution in [0, 0.1) is 5.92 Å². The molecule has 2 aromatic carbocycles. The summed E-state index contributed by atoms with van der Waals surface area (Å²) in [5.41, 5.74) is 2.04. The van der Waals surface area contributed by atoms with Crippen LogP contribution in [0.4, 0.5) is 16.2 Å². The van der Waals surface area contributed by atoms with Crippen molar-refractivity contribution in [3.05, 3.63) is 54.6 Å². The topological polar surface area (TPSA) is 111 Å². The number of hydrogen-bond donors (Lipinski definition) is 2. The molecule has 2 amide bonds. The molecule has 1 aromatic heterocycles. The summed E-state index contributed by atoms with van der Waals surface area (Å²) in [5.74, 6) is 0.679. The van der Waals surface area contributed by atoms with Gasteiger partial charge in [0.2, 0.25) is 11.7 Å². The molecule has 0 spiro atoms. The first-order chi connectivity index (χ1) is 15.0. The molecule has 0 aliphatic carbocycles. The summed E-state index contributed by atoms with van der Waals surface area (Å²) in [6.45, 7) is 4.75. The lowest BCUT2D eigenvalue weighted by molar-refractivity contribution is -0.116. The maximum absolute atomic E-state index is 12.3. The molecule has 1 heterocycles. The van der Waals surface area contributed by atoms with E-state index >= 15 is 0 Å². The Bertz CT molecular complexity index is 1000. The Balaban J connectivity index is 1.44. The Kier molecular flexibility index (Phi) is 7.69. The molecule has 9 nitrogen and oxygen atoms in total. The molecular formula is C22H26N6O3. The van der Waals surface area contributed by atoms with Gasteiger partial charge < -0.3 is 10.1 Å². The first kappa shape index (κ1) is 21.9. The molecule has 0 bridgehead atoms. The predicted octanol–water partition coefficient (Wildman–Crippen LogP) is 3.96. The van der Waals surface area contributed by atoms with Gasteiger partial charge in [0.15, 0.2) is 0 Å². The number of aromatic nitrogens is 4. The van der Waals surface area contributed by atoms with E-state index in [0.717, 1.165) is 5.56 Å². The minimum Gasteiger partial charge on any atom is -0.449 e. The number of anilines is 2. The summed E-state index contributed by atoms with van der Waals surface area (Å²) in [6.07, 6.45) is 0.346. The minimum atomic E-state index is -0.521. The van der Waals surface area contributed by atoms with Crippen LogP contribution in [0.1, 0.15) is 26.7 Å². The standard InChI is InChI=1S/C22H26N6O3/c1-16(2)15-31-22(30)24-19-11-6-10-18(14-19)23-20(29)12-7-13-28-26-21(25-27-28)17-8-4-3-5-9-17/h3-6,8-11,14,16H,7,12-13,15H2,1-2H3,(H,23,29)(H,24,30). The Morgan fingerprint density at radius 1 is 1.03 bits per heavy atom. The van der Waals surface area contributed by atoms with Gasteiger partial charge in [-0.05, 0) is 35.8 Å². The number of rotatable bonds is 9. The van der Waals surface area contributed by atoms with Crippen LogP contribution in [0.25, 0.3) is 11.4 Å². The molecular weight excluding hydrogens is 396 g/mol. The number of carbonyl (C=O) groups is 2. The fourth-order valence-corrected chi connectivity index (χ4v) is 2.72. The zero-order valence-corrected chi connectivity index (χ0v) is 17.6. The molecule has 0 saturated carbocycles. The number of nitrogens with zero attached hydrogens (tertiary/aromatic N) is 4. The van der Waals surface area contributed by atoms with Gasteiger partial charge in [0.25, 0.3) is 0 Å². The first-order valence-corrected chi connectivity index (χ1v) is 10.2. The lowest BCUT2D eigenvalue weighted by Gasteiger charge is -2.10. The van der Waals surface area contributed by atoms with Crippen LogP contribution in [0.5, 0.6) is 0 Å². The third kappa shape index (κ3) is 7.22. The number of benzene rings is 2. The third-order valence-corrected chi connectivity index (χ3v) is 4.19. The van der Waals surface area contributed by atoms with E-state index in [2.05, 4.69) is 26.0 Å². The normalized spacial score (nSPS) is 10.7. The predicted molar refractivity (Wildman–Crippen MR) is 117 cm³/mol. The van der Waals surface area contributed by atoms with Crippen molar-refractivity contribution in [3.63, 3.8) is 0 Å². The van der Waals surface area contributed by atoms with Gasteiger partial charge in [0, 0.05) is 23.4 Å². The van der Waals surface area contributed by atoms with Crippen molar-refractivity contribution in [3.8, 4) is 11.4 Å². The highest BCUT2D eigenvalue weighted by molar-refractivity contribution is 5.92. The quantitative estimate of drug-likeness (QED) is 0.540. The fourth-order valence-electron chi connectivity index (χ4n) is 2.72. The van der Waals surface area contributed by atoms with Gasteiger partial charge in [0.05, 0.1) is 13.2 Å². The van der Waals surface area contributed by atoms with E-state index in [1.807, 2.05) is 44.2 Å². The van der Waals surface area contributed by atoms with Crippen LogP contribution >= 0.6 is 0 Å². The molecule has 0 radical (unpaired) electrons. The molecule has 3 aromatic rings. The molecule has 0 fully saturated rings. The smallest absolute Gasteiger partial charge is 0.411 e. The van der Waals surface area contributed by atoms with Gasteiger partial charge in [-0.25, -0.2) is 4.79 Å². The van der Waals surface area contributed by atoms with Crippen molar-refractivity contribution >= 4 is 23.4 Å². The van der Waals surface area contributed by atoms with E-state index in [1.165, 1.54) is 4.80 Å². The summed E-state index contributed by atoms with van der Waals surface area (Å²) >= 11 is 0. The number of nitrogens with one attached hydrogen (secondary N) is 2. The van der Waals surface area contributed by atoms with Crippen molar-refractivity contribution in [2.75, 3.05) is 17.2 Å². The van der Waals surface area contributed by atoms with Crippen LogP contribution in [0.3, 0.4) is 0 Å². The van der Waals surface area contributed by atoms with Gasteiger partial charge >= 0.3 is 6.09 Å². The van der Waals surface area contributed by atoms with Crippen LogP contribution in [0.2, 0.25) is 0 Å². The molecule has 2 N–H and O–H groups in total. The van der Waals surface area contributed by atoms with E-state index in [-0.39, 0.29) is 11.8 Å². The Labute approximate surface area is 180 Å². The van der Waals surface area contributed by atoms with E-state index in [0.29, 0.717) is 43.2 Å². The molecule has 0 aliphatic rings. The number of amides is 2. The highest BCUT2D eigenvalue weighted by Gasteiger charge is 2.09. The second-order valence-corrected chi connectivity index (χ2v) is 7.42. The maximum atomic E-state index is 12.3. The van der Waals surface area contributed by atoms with Crippen LogP contribution in [-0.2, 0) is 16.1 Å². The lowest BCUT2D eigenvalue weighted by Crippen LogP contribution is -2.17. The van der Waals surface area contributed by atoms with Crippen LogP contribution < -0.4 is 10.6 Å². The largest absolute Gasteiger partial charge is 0.449 e. The van der Waals surface area contributed by atoms with E-state index in [1.54, 1.807) is 24.3 Å². The first-order valence-electron chi connectivity index (χ1n) is 10.2. The lowest BCUT2D eigenvalue weighted by atomic mass is 10.2. The molecule has 0 aliphatic heterocycles. The maximum Gasteiger partial charge on any atom is 0.411 e. The zero-order chi connectivity index (χ0) is 22.1. The average Bonchev–Trinajstić information content (AvgIpc) is 3.22. The second-order valence-electron chi connectivity index (χ2n) is 7.42. The molecule has 0 saturated heterocycles. The van der Waals surface area contributed by atoms with Gasteiger partial charge in [-0.15, -0.1) is 10.2 Å². The van der Waals surface area contributed by atoms with Crippen molar-refractivity contribution in [2.45, 2.75) is 33.2 Å². The average molecular weight is 422 g/mol. The zero-order valence-electron chi connectivity index (χ0n) is 17.6. The summed E-state index contributed by atoms with van der Waals surface area (Å²) in [5, 5.41) is 17.9. The molecule has 9 heteroatoms. The monoisotopic (exact) mass is 422 g/mol. The van der Waals surface area contributed by atoms with Gasteiger partial charge in [0.1, 0.15) is 0 Å². The van der Waals surface area contributed by atoms with E-state index < -0.39 is 6.09 Å². The molecule has 3 rings (SSSR count). The van der Waals surface area contributed by atoms with Crippen molar-refractivity contribution in [1.29, 1.82) is 0 Å². The van der Waals surface area contributed by atoms with Crippen molar-refractivity contribution < 1.29 is 14.3 Å². The Morgan fingerprint density at radius 2 is 1.77 bits per heavy atom. The summed E-state index contributed by atoms with van der Waals surface area (Å²) in [7, 11) is 0. The fraction of sp³-hybridized carbons (Fsp3) is 0.318. The van der Waals surface area contributed by atoms with Crippen LogP contribution in [-0.4, -0.2) is 38.8 Å². The summed E-state index contributed by atoms with van der Waals surface area (Å²) in [4.78, 5) is 25.5. The molecule has 0 atom stereocenters. The number of tetrazole rings is 1. The van der Waals surface area contributed by atoms with E-state index in [4.69, 9.17) is 4.74 Å². The van der Waals surface area contributed by atoms with Crippen molar-refractivity contribution in [1.82, 2.24) is 20.2 Å². The number of aryl methyl sites for hydroxylation is 1. The highest BCUT2D eigenvalue weighted by atomic mass is 16.5. The molecule has 0 unspecified atom stereocenters. The van der Waals surface area contributed by atoms with Crippen molar-refractivity contribution in [2.24, 2.45) is 5.92 Å². The second kappa shape index (κ2) is 10.9. The SMILES string of the molecule is CC(C)COC(=O)Nc1cccc(NC(=O)CCCn2nnc(-c3ccccc3)n2)c1. The summed E-state index contributed by atoms with van der Waals surface area (Å²) < 4.78 is 5.10. The van der Waals surface area contributed by atoms with Crippen LogP contribution in [0.15, 0.2) is 54.6 Å². The number of hydrogen-bond acceptors (Lipinski definition) is 6. The van der Waals surface area contributed by atoms with Gasteiger partial charge in [-0.1, -0.05) is 50.2 Å². The molecule has 162 valence electrons. The number of carbonyl (C=O) groups excluding carboxylic acids is 2. The molecule has 31 heavy (non-hydrogen) atoms. The Morgan fingerprint density at radius 3 is 2.52 bits per heavy atom. The third-order valence-electron chi connectivity index (χ3n) is 4.19. The van der Waals surface area contributed by atoms with Gasteiger partial charge in [-0.2, -0.15) is 4.80 Å². The summed E-state index contributed by atoms with van der Waals surface area (Å²) in [6, 6.07) is 16.5. The van der Waals surface area contributed by atoms with Gasteiger partial charge in [-0.3, -0.25) is 10.1 Å². The highest BCUT2D eigenvalue weighted by Crippen LogP contribution is 2.16. The Hall–Kier alpha value is -3.75.